The third-order valence-electron chi connectivity index (χ3n) is 2.29. The Kier molecular flexibility index (Phi) is 3.27. The molecule has 0 amide bonds. The average Bonchev–Trinajstić information content (AvgIpc) is 2.77. The van der Waals surface area contributed by atoms with Crippen molar-refractivity contribution in [3.05, 3.63) is 23.8 Å². The minimum Gasteiger partial charge on any atom is -0.496 e. The number of aromatic nitrogens is 3. The van der Waals surface area contributed by atoms with Crippen LogP contribution in [0.25, 0.3) is 11.4 Å². The Hall–Kier alpha value is -1.60. The average molecular weight is 288 g/mol. The van der Waals surface area contributed by atoms with Crippen LogP contribution in [0, 0.1) is 6.92 Å². The maximum absolute atomic E-state index is 11.1. The Morgan fingerprint density at radius 1 is 1.39 bits per heavy atom. The monoisotopic (exact) mass is 287 g/mol. The summed E-state index contributed by atoms with van der Waals surface area (Å²) in [4.78, 5) is 3.83. The summed E-state index contributed by atoms with van der Waals surface area (Å²) >= 11 is 0. The van der Waals surface area contributed by atoms with Crippen molar-refractivity contribution in [3.63, 3.8) is 0 Å². The van der Waals surface area contributed by atoms with E-state index in [-0.39, 0.29) is 11.0 Å². The number of nitrogens with one attached hydrogen (secondary N) is 1. The molecule has 0 bridgehead atoms. The standard InChI is InChI=1S/C10H10ClN3O3S/c1-6-3-4-8(17-2)7(5-6)9-12-10(14-13-9)18(11,15)16/h3-5H,1-2H3,(H,12,13,14). The zero-order chi connectivity index (χ0) is 13.3. The molecule has 1 aromatic heterocycles. The number of aromatic amines is 1. The lowest BCUT2D eigenvalue weighted by Gasteiger charge is -2.05. The largest absolute Gasteiger partial charge is 0.496 e. The summed E-state index contributed by atoms with van der Waals surface area (Å²) in [5, 5.41) is 5.71. The number of halogens is 1. The highest BCUT2D eigenvalue weighted by Gasteiger charge is 2.18. The van der Waals surface area contributed by atoms with Crippen LogP contribution in [-0.4, -0.2) is 30.7 Å². The SMILES string of the molecule is COc1ccc(C)cc1-c1n[nH]c(S(=O)(=O)Cl)n1. The first kappa shape index (κ1) is 12.8. The molecule has 0 fully saturated rings. The van der Waals surface area contributed by atoms with Gasteiger partial charge < -0.3 is 4.74 Å². The van der Waals surface area contributed by atoms with E-state index in [0.717, 1.165) is 5.56 Å². The molecule has 1 N–H and O–H groups in total. The Morgan fingerprint density at radius 2 is 2.11 bits per heavy atom. The van der Waals surface area contributed by atoms with Gasteiger partial charge in [0.1, 0.15) is 5.75 Å². The lowest BCUT2D eigenvalue weighted by molar-refractivity contribution is 0.416. The number of rotatable bonds is 3. The quantitative estimate of drug-likeness (QED) is 0.869. The molecule has 1 aromatic carbocycles. The number of hydrogen-bond acceptors (Lipinski definition) is 5. The van der Waals surface area contributed by atoms with Crippen LogP contribution in [0.4, 0.5) is 0 Å². The predicted molar refractivity (Wildman–Crippen MR) is 66.1 cm³/mol. The van der Waals surface area contributed by atoms with E-state index in [0.29, 0.717) is 11.3 Å². The van der Waals surface area contributed by atoms with Crippen molar-refractivity contribution >= 4 is 19.7 Å². The van der Waals surface area contributed by atoms with Gasteiger partial charge in [0, 0.05) is 10.7 Å². The Morgan fingerprint density at radius 3 is 2.67 bits per heavy atom. The number of H-pyrrole nitrogens is 1. The first-order chi connectivity index (χ1) is 8.41. The number of ether oxygens (including phenoxy) is 1. The predicted octanol–water partition coefficient (Wildman–Crippen LogP) is 1.72. The third-order valence-corrected chi connectivity index (χ3v) is 3.37. The summed E-state index contributed by atoms with van der Waals surface area (Å²) in [5.41, 5.74) is 1.58. The molecule has 0 unspecified atom stereocenters. The molecule has 96 valence electrons. The third kappa shape index (κ3) is 2.46. The van der Waals surface area contributed by atoms with Crippen LogP contribution < -0.4 is 4.74 Å². The van der Waals surface area contributed by atoms with Crippen molar-refractivity contribution in [2.24, 2.45) is 0 Å². The van der Waals surface area contributed by atoms with Crippen molar-refractivity contribution in [3.8, 4) is 17.1 Å². The second-order valence-corrected chi connectivity index (χ2v) is 6.09. The van der Waals surface area contributed by atoms with Crippen molar-refractivity contribution in [2.75, 3.05) is 7.11 Å². The van der Waals surface area contributed by atoms with E-state index in [1.54, 1.807) is 12.1 Å². The summed E-state index contributed by atoms with van der Waals surface area (Å²) < 4.78 is 27.4. The lowest BCUT2D eigenvalue weighted by atomic mass is 10.1. The Bertz CT molecular complexity index is 681. The lowest BCUT2D eigenvalue weighted by Crippen LogP contribution is -1.93. The molecule has 0 atom stereocenters. The zero-order valence-electron chi connectivity index (χ0n) is 9.64. The maximum atomic E-state index is 11.1. The molecule has 0 spiro atoms. The number of aryl methyl sites for hydroxylation is 1. The van der Waals surface area contributed by atoms with Crippen molar-refractivity contribution < 1.29 is 13.2 Å². The summed E-state index contributed by atoms with van der Waals surface area (Å²) in [5.74, 6) is 0.771. The molecular weight excluding hydrogens is 278 g/mol. The molecule has 2 aromatic rings. The molecular formula is C10H10ClN3O3S. The smallest absolute Gasteiger partial charge is 0.296 e. The van der Waals surface area contributed by atoms with Crippen LogP contribution in [0.15, 0.2) is 23.4 Å². The molecule has 0 aliphatic rings. The van der Waals surface area contributed by atoms with Crippen molar-refractivity contribution in [2.45, 2.75) is 12.1 Å². The number of methoxy groups -OCH3 is 1. The molecule has 0 aliphatic carbocycles. The van der Waals surface area contributed by atoms with Gasteiger partial charge in [-0.3, -0.25) is 0 Å². The summed E-state index contributed by atoms with van der Waals surface area (Å²) in [6.45, 7) is 1.90. The molecule has 6 nitrogen and oxygen atoms in total. The van der Waals surface area contributed by atoms with Gasteiger partial charge in [-0.1, -0.05) is 11.6 Å². The summed E-state index contributed by atoms with van der Waals surface area (Å²) in [6, 6.07) is 5.43. The molecule has 1 heterocycles. The Balaban J connectivity index is 2.55. The summed E-state index contributed by atoms with van der Waals surface area (Å²) in [7, 11) is 2.77. The van der Waals surface area contributed by atoms with Gasteiger partial charge in [0.05, 0.1) is 12.7 Å². The van der Waals surface area contributed by atoms with Crippen LogP contribution in [0.2, 0.25) is 0 Å². The van der Waals surface area contributed by atoms with Crippen LogP contribution in [0.5, 0.6) is 5.75 Å². The first-order valence-electron chi connectivity index (χ1n) is 4.94. The van der Waals surface area contributed by atoms with Gasteiger partial charge >= 0.3 is 0 Å². The highest BCUT2D eigenvalue weighted by Crippen LogP contribution is 2.28. The van der Waals surface area contributed by atoms with Gasteiger partial charge in [0.15, 0.2) is 5.82 Å². The zero-order valence-corrected chi connectivity index (χ0v) is 11.2. The topological polar surface area (TPSA) is 84.9 Å². The van der Waals surface area contributed by atoms with Crippen LogP contribution in [0.3, 0.4) is 0 Å². The van der Waals surface area contributed by atoms with E-state index in [1.165, 1.54) is 7.11 Å². The fourth-order valence-electron chi connectivity index (χ4n) is 1.47. The fraction of sp³-hybridized carbons (Fsp3) is 0.200. The number of nitrogens with zero attached hydrogens (tertiary/aromatic N) is 2. The molecule has 0 radical (unpaired) electrons. The van der Waals surface area contributed by atoms with E-state index in [1.807, 2.05) is 13.0 Å². The van der Waals surface area contributed by atoms with Crippen molar-refractivity contribution in [1.29, 1.82) is 0 Å². The molecule has 0 aliphatic heterocycles. The van der Waals surface area contributed by atoms with Gasteiger partial charge in [-0.15, -0.1) is 0 Å². The van der Waals surface area contributed by atoms with Crippen LogP contribution in [-0.2, 0) is 9.05 Å². The minimum absolute atomic E-state index is 0.217. The van der Waals surface area contributed by atoms with E-state index < -0.39 is 9.05 Å². The normalized spacial score (nSPS) is 11.5. The second-order valence-electron chi connectivity index (χ2n) is 3.61. The minimum atomic E-state index is -3.92. The van der Waals surface area contributed by atoms with Crippen LogP contribution >= 0.6 is 10.7 Å². The second kappa shape index (κ2) is 4.58. The maximum Gasteiger partial charge on any atom is 0.296 e. The van der Waals surface area contributed by atoms with Gasteiger partial charge in [0.25, 0.3) is 14.2 Å². The molecule has 18 heavy (non-hydrogen) atoms. The Labute approximate surface area is 108 Å². The molecule has 0 saturated heterocycles. The van der Waals surface area contributed by atoms with Gasteiger partial charge in [-0.05, 0) is 19.1 Å². The molecule has 0 saturated carbocycles. The highest BCUT2D eigenvalue weighted by atomic mass is 35.7. The van der Waals surface area contributed by atoms with E-state index in [4.69, 9.17) is 15.4 Å². The first-order valence-corrected chi connectivity index (χ1v) is 7.25. The number of benzene rings is 1. The molecule has 8 heteroatoms. The van der Waals surface area contributed by atoms with Gasteiger partial charge in [0.2, 0.25) is 0 Å². The van der Waals surface area contributed by atoms with Gasteiger partial charge in [-0.25, -0.2) is 13.5 Å². The highest BCUT2D eigenvalue weighted by molar-refractivity contribution is 8.13. The summed E-state index contributed by atoms with van der Waals surface area (Å²) in [6.07, 6.45) is 0. The van der Waals surface area contributed by atoms with E-state index >= 15 is 0 Å². The van der Waals surface area contributed by atoms with Gasteiger partial charge in [-0.2, -0.15) is 10.1 Å². The van der Waals surface area contributed by atoms with Crippen LogP contribution in [0.1, 0.15) is 5.56 Å². The van der Waals surface area contributed by atoms with E-state index in [2.05, 4.69) is 15.2 Å². The molecule has 2 rings (SSSR count). The van der Waals surface area contributed by atoms with Crippen molar-refractivity contribution in [1.82, 2.24) is 15.2 Å². The number of hydrogen-bond donors (Lipinski definition) is 1. The fourth-order valence-corrected chi connectivity index (χ4v) is 2.03. The van der Waals surface area contributed by atoms with E-state index in [9.17, 15) is 8.42 Å².